The van der Waals surface area contributed by atoms with Crippen molar-refractivity contribution in [2.24, 2.45) is 5.92 Å². The fourth-order valence-corrected chi connectivity index (χ4v) is 4.98. The number of benzene rings is 2. The van der Waals surface area contributed by atoms with Crippen LogP contribution < -0.4 is 14.4 Å². The van der Waals surface area contributed by atoms with Crippen LogP contribution in [-0.4, -0.2) is 57.1 Å². The number of nitrogens with zero attached hydrogens (tertiary/aromatic N) is 2. The van der Waals surface area contributed by atoms with Gasteiger partial charge in [0.1, 0.15) is 18.3 Å². The third kappa shape index (κ3) is 9.09. The average Bonchev–Trinajstić information content (AvgIpc) is 2.82. The number of sulfonamides is 1. The highest BCUT2D eigenvalue weighted by Crippen LogP contribution is 2.25. The maximum Gasteiger partial charge on any atom is 0.244 e. The lowest BCUT2D eigenvalue weighted by molar-refractivity contribution is -0.140. The number of amides is 2. The van der Waals surface area contributed by atoms with Crippen LogP contribution in [0.5, 0.6) is 5.75 Å². The largest absolute Gasteiger partial charge is 0.494 e. The Morgan fingerprint density at radius 3 is 2.22 bits per heavy atom. The van der Waals surface area contributed by atoms with Crippen molar-refractivity contribution < 1.29 is 22.7 Å². The van der Waals surface area contributed by atoms with Crippen LogP contribution in [0.3, 0.4) is 0 Å². The second kappa shape index (κ2) is 13.9. The number of ether oxygens (including phenoxy) is 1. The van der Waals surface area contributed by atoms with E-state index in [4.69, 9.17) is 27.9 Å². The summed E-state index contributed by atoms with van der Waals surface area (Å²) in [6.07, 6.45) is 1.35. The zero-order valence-corrected chi connectivity index (χ0v) is 24.2. The van der Waals surface area contributed by atoms with Gasteiger partial charge in [0.05, 0.1) is 18.6 Å². The molecule has 2 aromatic rings. The molecule has 2 amide bonds. The molecule has 0 radical (unpaired) electrons. The summed E-state index contributed by atoms with van der Waals surface area (Å²) in [6.45, 7) is 8.00. The molecule has 0 aliphatic heterocycles. The summed E-state index contributed by atoms with van der Waals surface area (Å²) >= 11 is 12.4. The minimum absolute atomic E-state index is 0.00329. The first-order valence-corrected chi connectivity index (χ1v) is 14.7. The van der Waals surface area contributed by atoms with E-state index in [9.17, 15) is 18.0 Å². The molecule has 0 aliphatic carbocycles. The fraction of sp³-hybridized carbons (Fsp3) is 0.462. The van der Waals surface area contributed by atoms with E-state index in [0.717, 1.165) is 10.6 Å². The van der Waals surface area contributed by atoms with Gasteiger partial charge in [0, 0.05) is 23.1 Å². The van der Waals surface area contributed by atoms with E-state index in [2.05, 4.69) is 5.32 Å². The molecule has 0 unspecified atom stereocenters. The predicted octanol–water partition coefficient (Wildman–Crippen LogP) is 4.74. The molecule has 204 valence electrons. The van der Waals surface area contributed by atoms with Crippen LogP contribution in [0.25, 0.3) is 0 Å². The zero-order valence-electron chi connectivity index (χ0n) is 21.8. The Kier molecular flexibility index (Phi) is 11.5. The van der Waals surface area contributed by atoms with Crippen LogP contribution in [0, 0.1) is 5.92 Å². The lowest BCUT2D eigenvalue weighted by Gasteiger charge is -2.33. The van der Waals surface area contributed by atoms with Crippen LogP contribution in [0.2, 0.25) is 10.0 Å². The number of carbonyl (C=O) groups is 2. The van der Waals surface area contributed by atoms with Crippen molar-refractivity contribution in [2.75, 3.05) is 30.3 Å². The van der Waals surface area contributed by atoms with Crippen molar-refractivity contribution in [3.8, 4) is 5.75 Å². The highest BCUT2D eigenvalue weighted by molar-refractivity contribution is 7.92. The number of rotatable bonds is 13. The van der Waals surface area contributed by atoms with Gasteiger partial charge in [0.15, 0.2) is 0 Å². The second-order valence-corrected chi connectivity index (χ2v) is 11.8. The molecular formula is C26H35Cl2N3O5S. The summed E-state index contributed by atoms with van der Waals surface area (Å²) in [7, 11) is -3.83. The molecule has 37 heavy (non-hydrogen) atoms. The molecule has 0 heterocycles. The smallest absolute Gasteiger partial charge is 0.244 e. The van der Waals surface area contributed by atoms with E-state index >= 15 is 0 Å². The molecule has 1 N–H and O–H groups in total. The zero-order chi connectivity index (χ0) is 27.8. The summed E-state index contributed by atoms with van der Waals surface area (Å²) in [5, 5.41) is 3.66. The number of nitrogens with one attached hydrogen (secondary N) is 1. The van der Waals surface area contributed by atoms with Gasteiger partial charge in [-0.2, -0.15) is 0 Å². The quantitative estimate of drug-likeness (QED) is 0.374. The number of anilines is 1. The van der Waals surface area contributed by atoms with Crippen molar-refractivity contribution in [3.63, 3.8) is 0 Å². The number of carbonyl (C=O) groups excluding carboxylic acids is 2. The molecule has 1 atom stereocenters. The van der Waals surface area contributed by atoms with E-state index in [1.165, 1.54) is 4.90 Å². The maximum atomic E-state index is 13.7. The Morgan fingerprint density at radius 2 is 1.70 bits per heavy atom. The summed E-state index contributed by atoms with van der Waals surface area (Å²) in [5.41, 5.74) is 0.891. The Bertz CT molecular complexity index is 1170. The molecule has 2 rings (SSSR count). The second-order valence-electron chi connectivity index (χ2n) is 9.02. The predicted molar refractivity (Wildman–Crippen MR) is 149 cm³/mol. The van der Waals surface area contributed by atoms with E-state index in [0.29, 0.717) is 46.6 Å². The normalized spacial score (nSPS) is 12.2. The van der Waals surface area contributed by atoms with Crippen molar-refractivity contribution in [2.45, 2.75) is 46.7 Å². The molecular weight excluding hydrogens is 537 g/mol. The van der Waals surface area contributed by atoms with E-state index in [1.807, 2.05) is 20.8 Å². The molecule has 2 aromatic carbocycles. The first kappa shape index (κ1) is 30.7. The highest BCUT2D eigenvalue weighted by Gasteiger charge is 2.32. The standard InChI is InChI=1S/C26H35Cl2N3O5S/c1-6-24(26(33)29-15-18(3)4)30(16-19-8-9-20(27)14-23(19)28)25(32)17-31(37(5,34)35)21-10-12-22(13-11-21)36-7-2/h8-14,18,24H,6-7,15-17H2,1-5H3,(H,29,33)/t24-/m0/s1. The molecule has 0 aromatic heterocycles. The van der Waals surface area contributed by atoms with Gasteiger partial charge in [-0.15, -0.1) is 0 Å². The number of halogens is 2. The molecule has 0 bridgehead atoms. The Labute approximate surface area is 229 Å². The van der Waals surface area contributed by atoms with Crippen molar-refractivity contribution in [3.05, 3.63) is 58.1 Å². The summed E-state index contributed by atoms with van der Waals surface area (Å²) in [6, 6.07) is 10.5. The summed E-state index contributed by atoms with van der Waals surface area (Å²) < 4.78 is 31.9. The van der Waals surface area contributed by atoms with Gasteiger partial charge in [-0.25, -0.2) is 8.42 Å². The van der Waals surface area contributed by atoms with Crippen molar-refractivity contribution >= 4 is 50.7 Å². The van der Waals surface area contributed by atoms with Crippen LogP contribution in [0.4, 0.5) is 5.69 Å². The first-order chi connectivity index (χ1) is 17.4. The third-order valence-corrected chi connectivity index (χ3v) is 7.27. The number of hydrogen-bond donors (Lipinski definition) is 1. The first-order valence-electron chi connectivity index (χ1n) is 12.1. The van der Waals surface area contributed by atoms with Crippen LogP contribution in [0.15, 0.2) is 42.5 Å². The van der Waals surface area contributed by atoms with Gasteiger partial charge in [-0.05, 0) is 61.2 Å². The minimum Gasteiger partial charge on any atom is -0.494 e. The summed E-state index contributed by atoms with van der Waals surface area (Å²) in [5.74, 6) is -0.0620. The molecule has 0 saturated heterocycles. The van der Waals surface area contributed by atoms with E-state index in [1.54, 1.807) is 49.4 Å². The maximum absolute atomic E-state index is 13.7. The van der Waals surface area contributed by atoms with Crippen LogP contribution >= 0.6 is 23.2 Å². The number of hydrogen-bond acceptors (Lipinski definition) is 5. The van der Waals surface area contributed by atoms with Crippen molar-refractivity contribution in [1.82, 2.24) is 10.2 Å². The summed E-state index contributed by atoms with van der Waals surface area (Å²) in [4.78, 5) is 28.2. The van der Waals surface area contributed by atoms with Crippen LogP contribution in [0.1, 0.15) is 39.7 Å². The highest BCUT2D eigenvalue weighted by atomic mass is 35.5. The van der Waals surface area contributed by atoms with Gasteiger partial charge in [0.2, 0.25) is 21.8 Å². The Hall–Kier alpha value is -2.49. The van der Waals surface area contributed by atoms with Gasteiger partial charge in [-0.1, -0.05) is 50.0 Å². The minimum atomic E-state index is -3.83. The Balaban J connectivity index is 2.44. The molecule has 0 aliphatic rings. The van der Waals surface area contributed by atoms with Crippen LogP contribution in [-0.2, 0) is 26.2 Å². The van der Waals surface area contributed by atoms with Crippen molar-refractivity contribution in [1.29, 1.82) is 0 Å². The SMILES string of the molecule is CCOc1ccc(N(CC(=O)N(Cc2ccc(Cl)cc2Cl)[C@@H](CC)C(=O)NCC(C)C)S(C)(=O)=O)cc1. The van der Waals surface area contributed by atoms with Gasteiger partial charge >= 0.3 is 0 Å². The Morgan fingerprint density at radius 1 is 1.05 bits per heavy atom. The van der Waals surface area contributed by atoms with Gasteiger partial charge < -0.3 is 15.0 Å². The topological polar surface area (TPSA) is 96.0 Å². The molecule has 11 heteroatoms. The molecule has 0 fully saturated rings. The fourth-order valence-electron chi connectivity index (χ4n) is 3.66. The molecule has 8 nitrogen and oxygen atoms in total. The van der Waals surface area contributed by atoms with Gasteiger partial charge in [-0.3, -0.25) is 13.9 Å². The lowest BCUT2D eigenvalue weighted by Crippen LogP contribution is -2.52. The average molecular weight is 573 g/mol. The molecule has 0 spiro atoms. The third-order valence-electron chi connectivity index (χ3n) is 5.54. The van der Waals surface area contributed by atoms with E-state index in [-0.39, 0.29) is 18.4 Å². The monoisotopic (exact) mass is 571 g/mol. The van der Waals surface area contributed by atoms with E-state index < -0.39 is 28.5 Å². The lowest BCUT2D eigenvalue weighted by atomic mass is 10.1. The van der Waals surface area contributed by atoms with Gasteiger partial charge in [0.25, 0.3) is 0 Å². The molecule has 0 saturated carbocycles.